The number of para-hydroxylation sites is 1. The van der Waals surface area contributed by atoms with Gasteiger partial charge in [0.05, 0.1) is 16.6 Å². The highest BCUT2D eigenvalue weighted by Gasteiger charge is 2.51. The molecule has 0 radical (unpaired) electrons. The zero-order valence-corrected chi connectivity index (χ0v) is 23.4. The summed E-state index contributed by atoms with van der Waals surface area (Å²) < 4.78 is 0. The molecule has 1 nitrogen and oxygen atoms in total. The Morgan fingerprint density at radius 3 is 1.67 bits per heavy atom. The highest BCUT2D eigenvalue weighted by Crippen LogP contribution is 2.63. The van der Waals surface area contributed by atoms with Crippen LogP contribution in [0.1, 0.15) is 22.3 Å². The first-order chi connectivity index (χ1) is 21.3. The van der Waals surface area contributed by atoms with Crippen molar-refractivity contribution in [2.75, 3.05) is 0 Å². The molecule has 0 unspecified atom stereocenters. The van der Waals surface area contributed by atoms with Gasteiger partial charge in [-0.15, -0.1) is 0 Å². The van der Waals surface area contributed by atoms with Gasteiger partial charge in [0, 0.05) is 16.3 Å². The van der Waals surface area contributed by atoms with Crippen LogP contribution in [0, 0.1) is 0 Å². The molecular formula is C42H25N. The molecular weight excluding hydrogens is 518 g/mol. The molecule has 7 aromatic carbocycles. The second kappa shape index (κ2) is 8.27. The van der Waals surface area contributed by atoms with E-state index in [1.165, 1.54) is 71.4 Å². The smallest absolute Gasteiger partial charge is 0.0788 e. The Balaban J connectivity index is 1.39. The van der Waals surface area contributed by atoms with Crippen LogP contribution in [-0.4, -0.2) is 4.98 Å². The Morgan fingerprint density at radius 2 is 0.953 bits per heavy atom. The van der Waals surface area contributed by atoms with E-state index in [4.69, 9.17) is 4.98 Å². The van der Waals surface area contributed by atoms with Crippen LogP contribution in [0.5, 0.6) is 0 Å². The van der Waals surface area contributed by atoms with Gasteiger partial charge in [0.15, 0.2) is 0 Å². The summed E-state index contributed by atoms with van der Waals surface area (Å²) in [5.41, 5.74) is 13.5. The quantitative estimate of drug-likeness (QED) is 0.188. The third-order valence-corrected chi connectivity index (χ3v) is 9.84. The number of fused-ring (bicyclic) bond motifs is 14. The van der Waals surface area contributed by atoms with Gasteiger partial charge in [0.25, 0.3) is 0 Å². The minimum absolute atomic E-state index is 0.375. The summed E-state index contributed by atoms with van der Waals surface area (Å²) in [5.74, 6) is 0. The molecule has 198 valence electrons. The normalized spacial score (nSPS) is 13.8. The molecule has 1 heterocycles. The maximum atomic E-state index is 5.36. The summed E-state index contributed by atoms with van der Waals surface area (Å²) in [6.45, 7) is 0. The van der Waals surface area contributed by atoms with Gasteiger partial charge in [0.1, 0.15) is 0 Å². The Hall–Kier alpha value is -5.53. The van der Waals surface area contributed by atoms with Crippen molar-refractivity contribution in [2.45, 2.75) is 5.41 Å². The van der Waals surface area contributed by atoms with Crippen molar-refractivity contribution in [3.8, 4) is 33.5 Å². The second-order valence-corrected chi connectivity index (χ2v) is 11.9. The van der Waals surface area contributed by atoms with Crippen molar-refractivity contribution in [3.05, 3.63) is 174 Å². The second-order valence-electron chi connectivity index (χ2n) is 11.9. The van der Waals surface area contributed by atoms with Gasteiger partial charge in [-0.3, -0.25) is 0 Å². The van der Waals surface area contributed by atoms with Crippen molar-refractivity contribution in [1.82, 2.24) is 4.98 Å². The molecule has 2 aliphatic carbocycles. The van der Waals surface area contributed by atoms with E-state index in [-0.39, 0.29) is 5.41 Å². The van der Waals surface area contributed by atoms with Crippen LogP contribution in [0.4, 0.5) is 0 Å². The fraction of sp³-hybridized carbons (Fsp3) is 0.0238. The van der Waals surface area contributed by atoms with Gasteiger partial charge >= 0.3 is 0 Å². The molecule has 8 aromatic rings. The first-order valence-electron chi connectivity index (χ1n) is 15.0. The van der Waals surface area contributed by atoms with E-state index in [2.05, 4.69) is 152 Å². The van der Waals surface area contributed by atoms with Crippen molar-refractivity contribution in [3.63, 3.8) is 0 Å². The van der Waals surface area contributed by atoms with Crippen LogP contribution in [-0.2, 0) is 5.41 Å². The number of nitrogens with zero attached hydrogens (tertiary/aromatic N) is 1. The molecule has 0 N–H and O–H groups in total. The van der Waals surface area contributed by atoms with E-state index in [1.54, 1.807) is 0 Å². The van der Waals surface area contributed by atoms with Gasteiger partial charge in [0.2, 0.25) is 0 Å². The van der Waals surface area contributed by atoms with E-state index in [0.29, 0.717) is 0 Å². The molecule has 0 bridgehead atoms. The Morgan fingerprint density at radius 1 is 0.372 bits per heavy atom. The molecule has 0 atom stereocenters. The molecule has 2 aliphatic rings. The lowest BCUT2D eigenvalue weighted by Crippen LogP contribution is -2.25. The van der Waals surface area contributed by atoms with Crippen LogP contribution < -0.4 is 0 Å². The van der Waals surface area contributed by atoms with Crippen LogP contribution in [0.15, 0.2) is 152 Å². The Labute approximate surface area is 249 Å². The number of hydrogen-bond acceptors (Lipinski definition) is 1. The van der Waals surface area contributed by atoms with Crippen molar-refractivity contribution >= 4 is 32.4 Å². The van der Waals surface area contributed by atoms with Crippen LogP contribution >= 0.6 is 0 Å². The van der Waals surface area contributed by atoms with E-state index in [9.17, 15) is 0 Å². The van der Waals surface area contributed by atoms with Crippen molar-refractivity contribution < 1.29 is 0 Å². The van der Waals surface area contributed by atoms with Gasteiger partial charge in [-0.05, 0) is 84.9 Å². The van der Waals surface area contributed by atoms with E-state index in [1.807, 2.05) is 0 Å². The van der Waals surface area contributed by atoms with Crippen LogP contribution in [0.3, 0.4) is 0 Å². The lowest BCUT2D eigenvalue weighted by atomic mass is 9.70. The molecule has 1 heteroatoms. The first kappa shape index (κ1) is 23.1. The van der Waals surface area contributed by atoms with Crippen LogP contribution in [0.25, 0.3) is 66.0 Å². The zero-order valence-electron chi connectivity index (χ0n) is 23.4. The van der Waals surface area contributed by atoms with Gasteiger partial charge < -0.3 is 0 Å². The minimum atomic E-state index is -0.375. The molecule has 1 spiro atoms. The number of hydrogen-bond donors (Lipinski definition) is 0. The predicted octanol–water partition coefficient (Wildman–Crippen LogP) is 10.6. The molecule has 0 fully saturated rings. The predicted molar refractivity (Wildman–Crippen MR) is 178 cm³/mol. The Bertz CT molecular complexity index is 2420. The molecule has 10 rings (SSSR count). The molecule has 1 aromatic heterocycles. The summed E-state index contributed by atoms with van der Waals surface area (Å²) in [4.78, 5) is 5.36. The fourth-order valence-corrected chi connectivity index (χ4v) is 8.09. The third kappa shape index (κ3) is 2.89. The van der Waals surface area contributed by atoms with E-state index < -0.39 is 0 Å². The monoisotopic (exact) mass is 543 g/mol. The molecule has 0 saturated heterocycles. The maximum absolute atomic E-state index is 5.36. The van der Waals surface area contributed by atoms with Gasteiger partial charge in [-0.2, -0.15) is 0 Å². The highest BCUT2D eigenvalue weighted by molar-refractivity contribution is 6.14. The third-order valence-electron chi connectivity index (χ3n) is 9.84. The topological polar surface area (TPSA) is 12.9 Å². The first-order valence-corrected chi connectivity index (χ1v) is 15.0. The SMILES string of the molecule is c1ccc2c(c1)-c1ccccc1C21c2ccccc2-c2cc3c(cc21)c(-c1ccc2ccccc2c1)nc1ccccc13. The number of benzene rings is 7. The average Bonchev–Trinajstić information content (AvgIpc) is 3.54. The minimum Gasteiger partial charge on any atom is -0.247 e. The average molecular weight is 544 g/mol. The van der Waals surface area contributed by atoms with Crippen molar-refractivity contribution in [1.29, 1.82) is 0 Å². The summed E-state index contributed by atoms with van der Waals surface area (Å²) in [6, 6.07) is 55.9. The maximum Gasteiger partial charge on any atom is 0.0788 e. The summed E-state index contributed by atoms with van der Waals surface area (Å²) in [6.07, 6.45) is 0. The summed E-state index contributed by atoms with van der Waals surface area (Å²) >= 11 is 0. The molecule has 0 amide bonds. The lowest BCUT2D eigenvalue weighted by Gasteiger charge is -2.30. The number of aromatic nitrogens is 1. The van der Waals surface area contributed by atoms with Gasteiger partial charge in [-0.1, -0.05) is 127 Å². The van der Waals surface area contributed by atoms with E-state index >= 15 is 0 Å². The standard InChI is InChI=1S/C42H25N/c1-2-12-27-23-28(22-21-26(27)11-1)41-35-25-39-34(24-33(35)32-16-6-10-20-40(32)43-41)31-15-5-9-19-38(31)42(39)36-17-7-3-13-29(36)30-14-4-8-18-37(30)42/h1-25H. The fourth-order valence-electron chi connectivity index (χ4n) is 8.09. The molecule has 0 aliphatic heterocycles. The van der Waals surface area contributed by atoms with E-state index in [0.717, 1.165) is 16.8 Å². The number of rotatable bonds is 1. The Kier molecular flexibility index (Phi) is 4.44. The molecule has 43 heavy (non-hydrogen) atoms. The largest absolute Gasteiger partial charge is 0.247 e. The lowest BCUT2D eigenvalue weighted by molar-refractivity contribution is 0.795. The highest BCUT2D eigenvalue weighted by atomic mass is 14.7. The molecule has 0 saturated carbocycles. The summed E-state index contributed by atoms with van der Waals surface area (Å²) in [7, 11) is 0. The van der Waals surface area contributed by atoms with Gasteiger partial charge in [-0.25, -0.2) is 4.98 Å². The van der Waals surface area contributed by atoms with Crippen LogP contribution in [0.2, 0.25) is 0 Å². The van der Waals surface area contributed by atoms with Crippen molar-refractivity contribution in [2.24, 2.45) is 0 Å². The zero-order chi connectivity index (χ0) is 28.1. The number of pyridine rings is 1. The summed E-state index contributed by atoms with van der Waals surface area (Å²) in [5, 5.41) is 6.11.